The average molecular weight is 351 g/mol. The van der Waals surface area contributed by atoms with Crippen LogP contribution in [0.3, 0.4) is 0 Å². The standard InChI is InChI=1S/C14H18BrClFNO/c1-3-18-13(14(2)7-4-8-19-14)9-5-6-10(15)11(16)12(9)17/h5-6,13,18H,3-4,7-8H2,1-2H3. The lowest BCUT2D eigenvalue weighted by atomic mass is 9.87. The van der Waals surface area contributed by atoms with Crippen molar-refractivity contribution in [3.63, 3.8) is 0 Å². The topological polar surface area (TPSA) is 21.3 Å². The lowest BCUT2D eigenvalue weighted by Crippen LogP contribution is -2.41. The number of hydrogen-bond acceptors (Lipinski definition) is 2. The molecule has 106 valence electrons. The van der Waals surface area contributed by atoms with E-state index in [0.29, 0.717) is 10.0 Å². The van der Waals surface area contributed by atoms with Gasteiger partial charge in [-0.3, -0.25) is 0 Å². The molecule has 2 unspecified atom stereocenters. The van der Waals surface area contributed by atoms with Crippen LogP contribution in [0.5, 0.6) is 0 Å². The van der Waals surface area contributed by atoms with Crippen molar-refractivity contribution >= 4 is 27.5 Å². The van der Waals surface area contributed by atoms with Crippen molar-refractivity contribution in [2.75, 3.05) is 13.2 Å². The fourth-order valence-corrected chi connectivity index (χ4v) is 3.13. The summed E-state index contributed by atoms with van der Waals surface area (Å²) in [4.78, 5) is 0. The highest BCUT2D eigenvalue weighted by Gasteiger charge is 2.40. The Kier molecular flexibility index (Phi) is 4.88. The Hall–Kier alpha value is -0.160. The van der Waals surface area contributed by atoms with Crippen LogP contribution in [0.15, 0.2) is 16.6 Å². The van der Waals surface area contributed by atoms with E-state index in [1.807, 2.05) is 13.8 Å². The van der Waals surface area contributed by atoms with Gasteiger partial charge in [-0.1, -0.05) is 24.6 Å². The van der Waals surface area contributed by atoms with Crippen LogP contribution in [0.4, 0.5) is 4.39 Å². The van der Waals surface area contributed by atoms with Crippen LogP contribution < -0.4 is 5.32 Å². The summed E-state index contributed by atoms with van der Waals surface area (Å²) in [5.41, 5.74) is 0.188. The highest BCUT2D eigenvalue weighted by Crippen LogP contribution is 2.40. The predicted octanol–water partition coefficient (Wildman–Crippen LogP) is 4.46. The van der Waals surface area contributed by atoms with Crippen LogP contribution in [0, 0.1) is 5.82 Å². The van der Waals surface area contributed by atoms with Crippen LogP contribution in [0.25, 0.3) is 0 Å². The third-order valence-corrected chi connectivity index (χ3v) is 4.90. The van der Waals surface area contributed by atoms with Crippen molar-refractivity contribution in [3.05, 3.63) is 33.0 Å². The maximum absolute atomic E-state index is 14.4. The molecule has 2 rings (SSSR count). The zero-order valence-corrected chi connectivity index (χ0v) is 13.4. The summed E-state index contributed by atoms with van der Waals surface area (Å²) >= 11 is 9.23. The number of rotatable bonds is 4. The normalized spacial score (nSPS) is 24.7. The smallest absolute Gasteiger partial charge is 0.147 e. The molecule has 19 heavy (non-hydrogen) atoms. The Morgan fingerprint density at radius 2 is 2.32 bits per heavy atom. The first-order valence-corrected chi connectivity index (χ1v) is 7.67. The third kappa shape index (κ3) is 2.97. The molecule has 0 bridgehead atoms. The molecule has 1 aliphatic rings. The zero-order chi connectivity index (χ0) is 14.0. The molecule has 0 spiro atoms. The molecular weight excluding hydrogens is 333 g/mol. The molecule has 0 aliphatic carbocycles. The summed E-state index contributed by atoms with van der Waals surface area (Å²) < 4.78 is 20.8. The summed E-state index contributed by atoms with van der Waals surface area (Å²) in [6, 6.07) is 3.36. The molecule has 1 N–H and O–H groups in total. The van der Waals surface area contributed by atoms with Gasteiger partial charge in [0.05, 0.1) is 16.7 Å². The zero-order valence-electron chi connectivity index (χ0n) is 11.1. The molecule has 1 aromatic carbocycles. The fourth-order valence-electron chi connectivity index (χ4n) is 2.65. The van der Waals surface area contributed by atoms with E-state index in [4.69, 9.17) is 16.3 Å². The molecule has 5 heteroatoms. The first kappa shape index (κ1) is 15.2. The van der Waals surface area contributed by atoms with Gasteiger partial charge in [0.2, 0.25) is 0 Å². The summed E-state index contributed by atoms with van der Waals surface area (Å²) in [5, 5.41) is 3.46. The monoisotopic (exact) mass is 349 g/mol. The minimum atomic E-state index is -0.381. The van der Waals surface area contributed by atoms with Crippen molar-refractivity contribution in [1.29, 1.82) is 0 Å². The van der Waals surface area contributed by atoms with Crippen molar-refractivity contribution in [2.45, 2.75) is 38.3 Å². The lowest BCUT2D eigenvalue weighted by Gasteiger charge is -2.34. The molecular formula is C14H18BrClFNO. The summed E-state index contributed by atoms with van der Waals surface area (Å²) in [5.74, 6) is -0.376. The van der Waals surface area contributed by atoms with E-state index in [1.54, 1.807) is 12.1 Å². The van der Waals surface area contributed by atoms with Gasteiger partial charge >= 0.3 is 0 Å². The van der Waals surface area contributed by atoms with Gasteiger partial charge in [-0.15, -0.1) is 0 Å². The van der Waals surface area contributed by atoms with Gasteiger partial charge in [-0.05, 0) is 48.3 Å². The van der Waals surface area contributed by atoms with Crippen LogP contribution in [-0.4, -0.2) is 18.8 Å². The Morgan fingerprint density at radius 1 is 1.58 bits per heavy atom. The van der Waals surface area contributed by atoms with E-state index < -0.39 is 0 Å². The molecule has 1 fully saturated rings. The quantitative estimate of drug-likeness (QED) is 0.809. The molecule has 1 saturated heterocycles. The van der Waals surface area contributed by atoms with Crippen molar-refractivity contribution in [2.24, 2.45) is 0 Å². The highest BCUT2D eigenvalue weighted by molar-refractivity contribution is 9.10. The largest absolute Gasteiger partial charge is 0.373 e. The molecule has 0 saturated carbocycles. The Morgan fingerprint density at radius 3 is 2.89 bits per heavy atom. The van der Waals surface area contributed by atoms with E-state index in [1.165, 1.54) is 0 Å². The highest BCUT2D eigenvalue weighted by atomic mass is 79.9. The summed E-state index contributed by atoms with van der Waals surface area (Å²) in [6.45, 7) is 5.51. The molecule has 2 atom stereocenters. The lowest BCUT2D eigenvalue weighted by molar-refractivity contribution is -0.0130. The Balaban J connectivity index is 2.42. The summed E-state index contributed by atoms with van der Waals surface area (Å²) in [7, 11) is 0. The average Bonchev–Trinajstić information content (AvgIpc) is 2.82. The van der Waals surface area contributed by atoms with Gasteiger partial charge in [0, 0.05) is 16.6 Å². The van der Waals surface area contributed by atoms with Gasteiger partial charge in [0.25, 0.3) is 0 Å². The van der Waals surface area contributed by atoms with Gasteiger partial charge in [0.1, 0.15) is 5.82 Å². The molecule has 0 aromatic heterocycles. The van der Waals surface area contributed by atoms with E-state index in [9.17, 15) is 4.39 Å². The van der Waals surface area contributed by atoms with Crippen LogP contribution in [0.1, 0.15) is 38.3 Å². The first-order chi connectivity index (χ1) is 8.99. The second kappa shape index (κ2) is 6.08. The Labute approximate surface area is 126 Å². The molecule has 0 amide bonds. The van der Waals surface area contributed by atoms with Crippen LogP contribution in [-0.2, 0) is 4.74 Å². The maximum Gasteiger partial charge on any atom is 0.147 e. The molecule has 0 radical (unpaired) electrons. The molecule has 1 aliphatic heterocycles. The second-order valence-electron chi connectivity index (χ2n) is 5.02. The molecule has 2 nitrogen and oxygen atoms in total. The van der Waals surface area contributed by atoms with Crippen molar-refractivity contribution in [3.8, 4) is 0 Å². The van der Waals surface area contributed by atoms with E-state index in [-0.39, 0.29) is 22.5 Å². The van der Waals surface area contributed by atoms with Crippen molar-refractivity contribution in [1.82, 2.24) is 5.32 Å². The number of hydrogen-bond donors (Lipinski definition) is 1. The van der Waals surface area contributed by atoms with E-state index >= 15 is 0 Å². The molecule has 1 heterocycles. The third-order valence-electron chi connectivity index (χ3n) is 3.64. The van der Waals surface area contributed by atoms with Gasteiger partial charge in [-0.2, -0.15) is 0 Å². The number of ether oxygens (including phenoxy) is 1. The van der Waals surface area contributed by atoms with Gasteiger partial charge in [0.15, 0.2) is 0 Å². The fraction of sp³-hybridized carbons (Fsp3) is 0.571. The minimum absolute atomic E-state index is 0.127. The number of nitrogens with one attached hydrogen (secondary N) is 1. The first-order valence-electron chi connectivity index (χ1n) is 6.50. The minimum Gasteiger partial charge on any atom is -0.373 e. The number of benzene rings is 1. The number of likely N-dealkylation sites (N-methyl/N-ethyl adjacent to an activating group) is 1. The van der Waals surface area contributed by atoms with E-state index in [2.05, 4.69) is 21.2 Å². The maximum atomic E-state index is 14.4. The van der Waals surface area contributed by atoms with E-state index in [0.717, 1.165) is 26.0 Å². The van der Waals surface area contributed by atoms with Gasteiger partial charge in [-0.25, -0.2) is 4.39 Å². The number of halogens is 3. The van der Waals surface area contributed by atoms with Crippen LogP contribution >= 0.6 is 27.5 Å². The molecule has 1 aromatic rings. The Bertz CT molecular complexity index is 463. The van der Waals surface area contributed by atoms with Crippen LogP contribution in [0.2, 0.25) is 5.02 Å². The second-order valence-corrected chi connectivity index (χ2v) is 6.25. The predicted molar refractivity (Wildman–Crippen MR) is 79.1 cm³/mol. The van der Waals surface area contributed by atoms with Gasteiger partial charge < -0.3 is 10.1 Å². The SMILES string of the molecule is CCNC(c1ccc(Br)c(Cl)c1F)C1(C)CCCO1. The van der Waals surface area contributed by atoms with Crippen molar-refractivity contribution < 1.29 is 9.13 Å². The summed E-state index contributed by atoms with van der Waals surface area (Å²) in [6.07, 6.45) is 1.92.